The molecule has 1 atom stereocenters. The summed E-state index contributed by atoms with van der Waals surface area (Å²) in [5.41, 5.74) is 2.46. The second-order valence-electron chi connectivity index (χ2n) is 4.15. The van der Waals surface area contributed by atoms with Crippen molar-refractivity contribution in [1.82, 2.24) is 4.98 Å². The van der Waals surface area contributed by atoms with E-state index in [0.717, 1.165) is 16.8 Å². The third-order valence-corrected chi connectivity index (χ3v) is 3.47. The van der Waals surface area contributed by atoms with Crippen molar-refractivity contribution in [2.75, 3.05) is 0 Å². The van der Waals surface area contributed by atoms with Gasteiger partial charge in [0.1, 0.15) is 0 Å². The Morgan fingerprint density at radius 3 is 2.50 bits per heavy atom. The Morgan fingerprint density at radius 2 is 1.89 bits per heavy atom. The largest absolute Gasteiger partial charge is 0.388 e. The number of aliphatic hydroxyl groups excluding tert-OH is 1. The van der Waals surface area contributed by atoms with Gasteiger partial charge < -0.3 is 5.11 Å². The van der Waals surface area contributed by atoms with Crippen molar-refractivity contribution < 1.29 is 5.11 Å². The lowest BCUT2D eigenvalue weighted by molar-refractivity contribution is 0.178. The highest BCUT2D eigenvalue weighted by Crippen LogP contribution is 2.29. The molecule has 2 rings (SSSR count). The molecule has 1 heterocycles. The number of hydrogen-bond acceptors (Lipinski definition) is 2. The quantitative estimate of drug-likeness (QED) is 0.923. The molecule has 0 radical (unpaired) electrons. The Kier molecular flexibility index (Phi) is 4.23. The van der Waals surface area contributed by atoms with Crippen LogP contribution in [0.3, 0.4) is 0 Å². The average molecular weight is 282 g/mol. The highest BCUT2D eigenvalue weighted by molar-refractivity contribution is 6.35. The van der Waals surface area contributed by atoms with Crippen LogP contribution in [0.4, 0.5) is 0 Å². The number of nitrogens with zero attached hydrogens (tertiary/aromatic N) is 1. The predicted molar refractivity (Wildman–Crippen MR) is 74.1 cm³/mol. The number of halogens is 2. The van der Waals surface area contributed by atoms with E-state index in [4.69, 9.17) is 23.2 Å². The van der Waals surface area contributed by atoms with Crippen molar-refractivity contribution >= 4 is 23.2 Å². The van der Waals surface area contributed by atoms with Gasteiger partial charge in [0.25, 0.3) is 0 Å². The molecular weight excluding hydrogens is 269 g/mol. The summed E-state index contributed by atoms with van der Waals surface area (Å²) in [5.74, 6) is 0. The molecule has 0 fully saturated rings. The third-order valence-electron chi connectivity index (χ3n) is 2.76. The van der Waals surface area contributed by atoms with Crippen LogP contribution in [-0.4, -0.2) is 10.1 Å². The van der Waals surface area contributed by atoms with Crippen molar-refractivity contribution in [3.05, 3.63) is 63.4 Å². The molecule has 94 valence electrons. The summed E-state index contributed by atoms with van der Waals surface area (Å²) in [6, 6.07) is 8.98. The number of aliphatic hydroxyl groups is 1. The Labute approximate surface area is 116 Å². The molecule has 2 aromatic rings. The van der Waals surface area contributed by atoms with Gasteiger partial charge in [0.15, 0.2) is 0 Å². The minimum absolute atomic E-state index is 0.391. The minimum atomic E-state index is -0.635. The van der Waals surface area contributed by atoms with Crippen LogP contribution >= 0.6 is 23.2 Å². The van der Waals surface area contributed by atoms with Gasteiger partial charge in [-0.05, 0) is 42.3 Å². The molecule has 0 bridgehead atoms. The molecule has 1 unspecified atom stereocenters. The number of aromatic nitrogens is 1. The van der Waals surface area contributed by atoms with Gasteiger partial charge in [0.05, 0.1) is 6.10 Å². The Morgan fingerprint density at radius 1 is 1.22 bits per heavy atom. The maximum atomic E-state index is 10.2. The van der Waals surface area contributed by atoms with Gasteiger partial charge in [0, 0.05) is 28.4 Å². The van der Waals surface area contributed by atoms with Crippen LogP contribution < -0.4 is 0 Å². The van der Waals surface area contributed by atoms with Crippen molar-refractivity contribution in [3.8, 4) is 0 Å². The summed E-state index contributed by atoms with van der Waals surface area (Å²) in [7, 11) is 0. The van der Waals surface area contributed by atoms with E-state index in [1.165, 1.54) is 0 Å². The molecular formula is C14H13Cl2NO. The number of aryl methyl sites for hydroxylation is 1. The lowest BCUT2D eigenvalue weighted by Gasteiger charge is -2.13. The molecule has 2 nitrogen and oxygen atoms in total. The first-order valence-corrected chi connectivity index (χ1v) is 6.37. The molecule has 0 amide bonds. The van der Waals surface area contributed by atoms with Crippen molar-refractivity contribution in [3.63, 3.8) is 0 Å². The summed E-state index contributed by atoms with van der Waals surface area (Å²) in [6.45, 7) is 1.89. The van der Waals surface area contributed by atoms with Gasteiger partial charge in [-0.1, -0.05) is 29.3 Å². The van der Waals surface area contributed by atoms with Crippen molar-refractivity contribution in [2.45, 2.75) is 19.4 Å². The summed E-state index contributed by atoms with van der Waals surface area (Å²) >= 11 is 12.2. The zero-order chi connectivity index (χ0) is 13.1. The van der Waals surface area contributed by atoms with E-state index in [9.17, 15) is 5.11 Å². The van der Waals surface area contributed by atoms with Crippen LogP contribution in [0, 0.1) is 6.92 Å². The standard InChI is InChI=1S/C14H13Cl2NO/c1-9-7-10(5-6-17-9)14(18)8-11-12(15)3-2-4-13(11)16/h2-7,14,18H,8H2,1H3. The first kappa shape index (κ1) is 13.3. The van der Waals surface area contributed by atoms with Crippen LogP contribution in [0.2, 0.25) is 10.0 Å². The first-order valence-electron chi connectivity index (χ1n) is 5.61. The second kappa shape index (κ2) is 5.70. The van der Waals surface area contributed by atoms with E-state index >= 15 is 0 Å². The molecule has 4 heteroatoms. The van der Waals surface area contributed by atoms with Gasteiger partial charge in [-0.25, -0.2) is 0 Å². The van der Waals surface area contributed by atoms with Crippen LogP contribution in [-0.2, 0) is 6.42 Å². The van der Waals surface area contributed by atoms with Gasteiger partial charge in [-0.15, -0.1) is 0 Å². The van der Waals surface area contributed by atoms with Crippen LogP contribution in [0.5, 0.6) is 0 Å². The van der Waals surface area contributed by atoms with Crippen LogP contribution in [0.25, 0.3) is 0 Å². The molecule has 0 saturated carbocycles. The molecule has 0 aliphatic carbocycles. The summed E-state index contributed by atoms with van der Waals surface area (Å²) in [6.07, 6.45) is 1.44. The second-order valence-corrected chi connectivity index (χ2v) is 4.97. The summed E-state index contributed by atoms with van der Waals surface area (Å²) in [4.78, 5) is 4.10. The number of benzene rings is 1. The monoisotopic (exact) mass is 281 g/mol. The van der Waals surface area contributed by atoms with Gasteiger partial charge >= 0.3 is 0 Å². The lowest BCUT2D eigenvalue weighted by atomic mass is 10.0. The highest BCUT2D eigenvalue weighted by Gasteiger charge is 2.13. The van der Waals surface area contributed by atoms with Gasteiger partial charge in [0.2, 0.25) is 0 Å². The van der Waals surface area contributed by atoms with Crippen LogP contribution in [0.15, 0.2) is 36.5 Å². The smallest absolute Gasteiger partial charge is 0.0832 e. The predicted octanol–water partition coefficient (Wildman–Crippen LogP) is 3.97. The Bertz CT molecular complexity index is 537. The molecule has 1 aromatic heterocycles. The van der Waals surface area contributed by atoms with Gasteiger partial charge in [-0.2, -0.15) is 0 Å². The Hall–Kier alpha value is -1.09. The number of pyridine rings is 1. The topological polar surface area (TPSA) is 33.1 Å². The third kappa shape index (κ3) is 3.02. The maximum Gasteiger partial charge on any atom is 0.0832 e. The lowest BCUT2D eigenvalue weighted by Crippen LogP contribution is -2.03. The normalized spacial score (nSPS) is 12.4. The van der Waals surface area contributed by atoms with E-state index < -0.39 is 6.10 Å². The summed E-state index contributed by atoms with van der Waals surface area (Å²) in [5, 5.41) is 11.4. The van der Waals surface area contributed by atoms with Crippen molar-refractivity contribution in [1.29, 1.82) is 0 Å². The zero-order valence-corrected chi connectivity index (χ0v) is 11.4. The fourth-order valence-electron chi connectivity index (χ4n) is 1.81. The molecule has 1 aromatic carbocycles. The fourth-order valence-corrected chi connectivity index (χ4v) is 2.37. The first-order chi connectivity index (χ1) is 8.58. The molecule has 0 saturated heterocycles. The molecule has 18 heavy (non-hydrogen) atoms. The summed E-state index contributed by atoms with van der Waals surface area (Å²) < 4.78 is 0. The molecule has 1 N–H and O–H groups in total. The fraction of sp³-hybridized carbons (Fsp3) is 0.214. The minimum Gasteiger partial charge on any atom is -0.388 e. The maximum absolute atomic E-state index is 10.2. The highest BCUT2D eigenvalue weighted by atomic mass is 35.5. The molecule has 0 spiro atoms. The van der Waals surface area contributed by atoms with E-state index in [0.29, 0.717) is 16.5 Å². The average Bonchev–Trinajstić information content (AvgIpc) is 2.34. The number of hydrogen-bond donors (Lipinski definition) is 1. The molecule has 0 aliphatic heterocycles. The van der Waals surface area contributed by atoms with E-state index in [2.05, 4.69) is 4.98 Å². The van der Waals surface area contributed by atoms with E-state index in [1.807, 2.05) is 13.0 Å². The SMILES string of the molecule is Cc1cc(C(O)Cc2c(Cl)cccc2Cl)ccn1. The van der Waals surface area contributed by atoms with Crippen molar-refractivity contribution in [2.24, 2.45) is 0 Å². The van der Waals surface area contributed by atoms with Gasteiger partial charge in [-0.3, -0.25) is 4.98 Å². The van der Waals surface area contributed by atoms with E-state index in [-0.39, 0.29) is 0 Å². The Balaban J connectivity index is 2.24. The van der Waals surface area contributed by atoms with E-state index in [1.54, 1.807) is 30.5 Å². The van der Waals surface area contributed by atoms with Crippen LogP contribution in [0.1, 0.15) is 22.9 Å². The zero-order valence-electron chi connectivity index (χ0n) is 9.90. The molecule has 0 aliphatic rings. The number of rotatable bonds is 3.